The number of hydrogen-bond donors (Lipinski definition) is 1. The standard InChI is InChI=1S/C11H12BrNOS/c1-7-3-4-9(14-7)11(13-2)8-5-10(12)15-6-8/h3-6,11,13H,1-2H3. The Morgan fingerprint density at radius 2 is 2.27 bits per heavy atom. The Morgan fingerprint density at radius 3 is 2.73 bits per heavy atom. The number of thiophene rings is 1. The molecule has 0 radical (unpaired) electrons. The molecule has 0 aliphatic heterocycles. The number of halogens is 1. The van der Waals surface area contributed by atoms with Gasteiger partial charge in [-0.3, -0.25) is 0 Å². The first kappa shape index (κ1) is 10.9. The van der Waals surface area contributed by atoms with Gasteiger partial charge in [0.15, 0.2) is 0 Å². The molecule has 1 unspecified atom stereocenters. The maximum atomic E-state index is 5.63. The molecule has 15 heavy (non-hydrogen) atoms. The molecule has 0 saturated carbocycles. The summed E-state index contributed by atoms with van der Waals surface area (Å²) in [6.45, 7) is 1.96. The third-order valence-electron chi connectivity index (χ3n) is 2.26. The zero-order chi connectivity index (χ0) is 10.8. The number of aryl methyl sites for hydroxylation is 1. The minimum atomic E-state index is 0.140. The van der Waals surface area contributed by atoms with E-state index < -0.39 is 0 Å². The Bertz CT molecular complexity index is 409. The van der Waals surface area contributed by atoms with Gasteiger partial charge in [-0.05, 0) is 59.0 Å². The molecule has 1 atom stereocenters. The smallest absolute Gasteiger partial charge is 0.125 e. The lowest BCUT2D eigenvalue weighted by molar-refractivity contribution is 0.444. The highest BCUT2D eigenvalue weighted by molar-refractivity contribution is 9.11. The lowest BCUT2D eigenvalue weighted by Gasteiger charge is -2.11. The molecule has 2 nitrogen and oxygen atoms in total. The molecule has 2 aromatic rings. The Kier molecular flexibility index (Phi) is 3.29. The van der Waals surface area contributed by atoms with Crippen molar-refractivity contribution in [3.05, 3.63) is 44.4 Å². The maximum Gasteiger partial charge on any atom is 0.125 e. The topological polar surface area (TPSA) is 25.2 Å². The van der Waals surface area contributed by atoms with E-state index in [4.69, 9.17) is 4.42 Å². The summed E-state index contributed by atoms with van der Waals surface area (Å²) >= 11 is 5.15. The molecule has 4 heteroatoms. The summed E-state index contributed by atoms with van der Waals surface area (Å²) in [5.41, 5.74) is 1.23. The second-order valence-electron chi connectivity index (χ2n) is 3.35. The van der Waals surface area contributed by atoms with Crippen molar-refractivity contribution >= 4 is 27.3 Å². The molecule has 0 aliphatic rings. The van der Waals surface area contributed by atoms with Crippen LogP contribution >= 0.6 is 27.3 Å². The molecule has 0 spiro atoms. The fraction of sp³-hybridized carbons (Fsp3) is 0.273. The van der Waals surface area contributed by atoms with Crippen LogP contribution in [0.1, 0.15) is 23.1 Å². The van der Waals surface area contributed by atoms with E-state index >= 15 is 0 Å². The van der Waals surface area contributed by atoms with Crippen LogP contribution in [0.3, 0.4) is 0 Å². The number of nitrogens with one attached hydrogen (secondary N) is 1. The van der Waals surface area contributed by atoms with E-state index in [0.29, 0.717) is 0 Å². The van der Waals surface area contributed by atoms with Gasteiger partial charge >= 0.3 is 0 Å². The third-order valence-corrected chi connectivity index (χ3v) is 3.78. The first-order valence-corrected chi connectivity index (χ1v) is 6.35. The van der Waals surface area contributed by atoms with Gasteiger partial charge in [0.1, 0.15) is 11.5 Å². The van der Waals surface area contributed by atoms with Crippen LogP contribution in [-0.4, -0.2) is 7.05 Å². The monoisotopic (exact) mass is 285 g/mol. The van der Waals surface area contributed by atoms with E-state index in [1.807, 2.05) is 26.1 Å². The highest BCUT2D eigenvalue weighted by atomic mass is 79.9. The summed E-state index contributed by atoms with van der Waals surface area (Å²) < 4.78 is 6.77. The normalized spacial score (nSPS) is 13.0. The zero-order valence-electron chi connectivity index (χ0n) is 8.58. The molecule has 0 amide bonds. The lowest BCUT2D eigenvalue weighted by atomic mass is 10.1. The van der Waals surface area contributed by atoms with Crippen LogP contribution < -0.4 is 5.32 Å². The van der Waals surface area contributed by atoms with Crippen LogP contribution in [0.2, 0.25) is 0 Å². The highest BCUT2D eigenvalue weighted by Gasteiger charge is 2.16. The van der Waals surface area contributed by atoms with Crippen LogP contribution in [0.25, 0.3) is 0 Å². The van der Waals surface area contributed by atoms with Gasteiger partial charge in [-0.2, -0.15) is 0 Å². The molecular formula is C11H12BrNOS. The summed E-state index contributed by atoms with van der Waals surface area (Å²) in [7, 11) is 1.94. The van der Waals surface area contributed by atoms with Gasteiger partial charge in [-0.15, -0.1) is 11.3 Å². The average molecular weight is 286 g/mol. The first-order valence-electron chi connectivity index (χ1n) is 4.68. The van der Waals surface area contributed by atoms with Gasteiger partial charge in [-0.1, -0.05) is 0 Å². The van der Waals surface area contributed by atoms with Crippen molar-refractivity contribution in [3.8, 4) is 0 Å². The molecule has 1 N–H and O–H groups in total. The van der Waals surface area contributed by atoms with Gasteiger partial charge in [0.25, 0.3) is 0 Å². The zero-order valence-corrected chi connectivity index (χ0v) is 11.0. The summed E-state index contributed by atoms with van der Waals surface area (Å²) in [6, 6.07) is 6.26. The molecule has 0 fully saturated rings. The number of furan rings is 1. The van der Waals surface area contributed by atoms with E-state index in [9.17, 15) is 0 Å². The van der Waals surface area contributed by atoms with E-state index in [1.165, 1.54) is 5.56 Å². The Hall–Kier alpha value is -0.580. The van der Waals surface area contributed by atoms with Crippen molar-refractivity contribution in [2.75, 3.05) is 7.05 Å². The maximum absolute atomic E-state index is 5.63. The minimum Gasteiger partial charge on any atom is -0.464 e. The molecule has 80 valence electrons. The summed E-state index contributed by atoms with van der Waals surface area (Å²) in [4.78, 5) is 0. The van der Waals surface area contributed by atoms with Crippen molar-refractivity contribution in [1.29, 1.82) is 0 Å². The molecular weight excluding hydrogens is 274 g/mol. The van der Waals surface area contributed by atoms with Crippen molar-refractivity contribution in [2.24, 2.45) is 0 Å². The molecule has 2 rings (SSSR count). The third kappa shape index (κ3) is 2.33. The number of hydrogen-bond acceptors (Lipinski definition) is 3. The Morgan fingerprint density at radius 1 is 1.47 bits per heavy atom. The van der Waals surface area contributed by atoms with Crippen LogP contribution in [0.15, 0.2) is 31.8 Å². The van der Waals surface area contributed by atoms with Crippen molar-refractivity contribution in [3.63, 3.8) is 0 Å². The van der Waals surface area contributed by atoms with Gasteiger partial charge in [0, 0.05) is 0 Å². The summed E-state index contributed by atoms with van der Waals surface area (Å²) in [5, 5.41) is 5.38. The molecule has 0 saturated heterocycles. The van der Waals surface area contributed by atoms with Gasteiger partial charge in [-0.25, -0.2) is 0 Å². The van der Waals surface area contributed by atoms with Crippen LogP contribution in [0.5, 0.6) is 0 Å². The van der Waals surface area contributed by atoms with E-state index in [-0.39, 0.29) is 6.04 Å². The Balaban J connectivity index is 2.32. The second-order valence-corrected chi connectivity index (χ2v) is 5.64. The minimum absolute atomic E-state index is 0.140. The van der Waals surface area contributed by atoms with E-state index in [0.717, 1.165) is 15.3 Å². The average Bonchev–Trinajstić information content (AvgIpc) is 2.78. The Labute approximate surface area is 101 Å². The van der Waals surface area contributed by atoms with Crippen LogP contribution in [-0.2, 0) is 0 Å². The highest BCUT2D eigenvalue weighted by Crippen LogP contribution is 2.29. The van der Waals surface area contributed by atoms with Gasteiger partial charge in [0.2, 0.25) is 0 Å². The molecule has 0 bridgehead atoms. The van der Waals surface area contributed by atoms with Crippen LogP contribution in [0, 0.1) is 6.92 Å². The predicted octanol–water partition coefficient (Wildman–Crippen LogP) is 3.72. The van der Waals surface area contributed by atoms with Crippen molar-refractivity contribution in [1.82, 2.24) is 5.32 Å². The van der Waals surface area contributed by atoms with E-state index in [2.05, 4.69) is 32.7 Å². The largest absolute Gasteiger partial charge is 0.464 e. The second kappa shape index (κ2) is 4.51. The van der Waals surface area contributed by atoms with Crippen molar-refractivity contribution < 1.29 is 4.42 Å². The summed E-state index contributed by atoms with van der Waals surface area (Å²) in [5.74, 6) is 1.90. The van der Waals surface area contributed by atoms with Gasteiger partial charge in [0.05, 0.1) is 9.83 Å². The molecule has 2 aromatic heterocycles. The molecule has 0 aliphatic carbocycles. The quantitative estimate of drug-likeness (QED) is 0.930. The molecule has 2 heterocycles. The van der Waals surface area contributed by atoms with Gasteiger partial charge < -0.3 is 9.73 Å². The predicted molar refractivity (Wildman–Crippen MR) is 66.4 cm³/mol. The van der Waals surface area contributed by atoms with Crippen LogP contribution in [0.4, 0.5) is 0 Å². The fourth-order valence-electron chi connectivity index (χ4n) is 1.56. The fourth-order valence-corrected chi connectivity index (χ4v) is 2.76. The molecule has 0 aromatic carbocycles. The van der Waals surface area contributed by atoms with Crippen molar-refractivity contribution in [2.45, 2.75) is 13.0 Å². The lowest BCUT2D eigenvalue weighted by Crippen LogP contribution is -2.16. The SMILES string of the molecule is CNC(c1csc(Br)c1)c1ccc(C)o1. The number of rotatable bonds is 3. The van der Waals surface area contributed by atoms with E-state index in [1.54, 1.807) is 11.3 Å². The summed E-state index contributed by atoms with van der Waals surface area (Å²) in [6.07, 6.45) is 0. The first-order chi connectivity index (χ1) is 7.20.